The normalized spacial score (nSPS) is 19.0. The lowest BCUT2D eigenvalue weighted by Gasteiger charge is -2.32. The quantitative estimate of drug-likeness (QED) is 0.822. The third kappa shape index (κ3) is 4.26. The van der Waals surface area contributed by atoms with E-state index in [0.29, 0.717) is 18.8 Å². The molecule has 1 aliphatic rings. The Balaban J connectivity index is 1.97. The van der Waals surface area contributed by atoms with Crippen LogP contribution in [0.25, 0.3) is 0 Å². The van der Waals surface area contributed by atoms with Crippen LogP contribution in [0.5, 0.6) is 0 Å². The third-order valence-corrected chi connectivity index (χ3v) is 3.90. The number of morpholine rings is 1. The number of nitrogens with one attached hydrogen (secondary N) is 1. The van der Waals surface area contributed by atoms with Crippen LogP contribution >= 0.6 is 15.9 Å². The van der Waals surface area contributed by atoms with Crippen LogP contribution < -0.4 is 5.32 Å². The molecule has 1 atom stereocenters. The molecule has 1 aliphatic heterocycles. The number of methoxy groups -OCH3 is 1. The highest BCUT2D eigenvalue weighted by atomic mass is 79.9. The molecule has 0 saturated carbocycles. The van der Waals surface area contributed by atoms with Crippen molar-refractivity contribution in [3.8, 4) is 0 Å². The van der Waals surface area contributed by atoms with Gasteiger partial charge in [-0.15, -0.1) is 0 Å². The van der Waals surface area contributed by atoms with Crippen molar-refractivity contribution in [2.45, 2.75) is 6.04 Å². The molecule has 0 radical (unpaired) electrons. The first-order valence-corrected chi connectivity index (χ1v) is 7.35. The molecule has 0 spiro atoms. The molecular weight excluding hydrogens is 340 g/mol. The molecular formula is C14H17BrN2O4. The third-order valence-electron chi connectivity index (χ3n) is 3.21. The average Bonchev–Trinajstić information content (AvgIpc) is 2.49. The van der Waals surface area contributed by atoms with Gasteiger partial charge < -0.3 is 14.8 Å². The molecule has 114 valence electrons. The van der Waals surface area contributed by atoms with E-state index >= 15 is 0 Å². The molecule has 0 bridgehead atoms. The van der Waals surface area contributed by atoms with E-state index in [1.165, 1.54) is 7.11 Å². The summed E-state index contributed by atoms with van der Waals surface area (Å²) < 4.78 is 10.8. The number of benzene rings is 1. The number of halogens is 1. The SMILES string of the molecule is COC(=O)C1COCCN1CC(=O)Nc1ccccc1Br. The number of esters is 1. The molecule has 0 aromatic heterocycles. The fourth-order valence-electron chi connectivity index (χ4n) is 2.12. The number of carbonyl (C=O) groups is 2. The lowest BCUT2D eigenvalue weighted by atomic mass is 10.2. The summed E-state index contributed by atoms with van der Waals surface area (Å²) >= 11 is 3.37. The lowest BCUT2D eigenvalue weighted by molar-refractivity contribution is -0.153. The van der Waals surface area contributed by atoms with Crippen molar-refractivity contribution in [2.75, 3.05) is 38.7 Å². The lowest BCUT2D eigenvalue weighted by Crippen LogP contribution is -2.52. The minimum atomic E-state index is -0.534. The van der Waals surface area contributed by atoms with E-state index in [9.17, 15) is 9.59 Å². The molecule has 1 aromatic rings. The Bertz CT molecular complexity index is 523. The number of rotatable bonds is 4. The van der Waals surface area contributed by atoms with Crippen molar-refractivity contribution in [3.05, 3.63) is 28.7 Å². The van der Waals surface area contributed by atoms with E-state index in [2.05, 4.69) is 21.2 Å². The zero-order chi connectivity index (χ0) is 15.2. The van der Waals surface area contributed by atoms with Gasteiger partial charge in [0.1, 0.15) is 6.04 Å². The molecule has 0 aliphatic carbocycles. The Labute approximate surface area is 131 Å². The summed E-state index contributed by atoms with van der Waals surface area (Å²) in [6.07, 6.45) is 0. The molecule has 21 heavy (non-hydrogen) atoms. The van der Waals surface area contributed by atoms with E-state index in [1.807, 2.05) is 18.2 Å². The summed E-state index contributed by atoms with van der Waals surface area (Å²) in [5, 5.41) is 2.81. The van der Waals surface area contributed by atoms with Crippen LogP contribution in [0.3, 0.4) is 0 Å². The minimum Gasteiger partial charge on any atom is -0.468 e. The van der Waals surface area contributed by atoms with Gasteiger partial charge in [0.2, 0.25) is 5.91 Å². The zero-order valence-electron chi connectivity index (χ0n) is 11.7. The summed E-state index contributed by atoms with van der Waals surface area (Å²) in [6, 6.07) is 6.83. The van der Waals surface area contributed by atoms with Crippen LogP contribution in [0.15, 0.2) is 28.7 Å². The Morgan fingerprint density at radius 2 is 2.24 bits per heavy atom. The highest BCUT2D eigenvalue weighted by Crippen LogP contribution is 2.21. The molecule has 1 N–H and O–H groups in total. The highest BCUT2D eigenvalue weighted by Gasteiger charge is 2.31. The van der Waals surface area contributed by atoms with Crippen molar-refractivity contribution in [2.24, 2.45) is 0 Å². The topological polar surface area (TPSA) is 67.9 Å². The van der Waals surface area contributed by atoms with Gasteiger partial charge >= 0.3 is 5.97 Å². The number of hydrogen-bond acceptors (Lipinski definition) is 5. The number of para-hydroxylation sites is 1. The number of anilines is 1. The summed E-state index contributed by atoms with van der Waals surface area (Å²) in [5.41, 5.74) is 0.699. The Hall–Kier alpha value is -1.44. The maximum Gasteiger partial charge on any atom is 0.325 e. The van der Waals surface area contributed by atoms with Crippen LogP contribution in [0.2, 0.25) is 0 Å². The predicted molar refractivity (Wildman–Crippen MR) is 81.0 cm³/mol. The first kappa shape index (κ1) is 15.9. The van der Waals surface area contributed by atoms with Gasteiger partial charge in [-0.3, -0.25) is 14.5 Å². The van der Waals surface area contributed by atoms with Crippen LogP contribution in [-0.4, -0.2) is 56.2 Å². The van der Waals surface area contributed by atoms with Gasteiger partial charge in [0.15, 0.2) is 0 Å². The van der Waals surface area contributed by atoms with Gasteiger partial charge in [-0.05, 0) is 28.1 Å². The maximum absolute atomic E-state index is 12.1. The second kappa shape index (κ2) is 7.53. The monoisotopic (exact) mass is 356 g/mol. The largest absolute Gasteiger partial charge is 0.468 e. The molecule has 1 amide bonds. The molecule has 6 nitrogen and oxygen atoms in total. The molecule has 1 saturated heterocycles. The van der Waals surface area contributed by atoms with E-state index in [-0.39, 0.29) is 25.0 Å². The van der Waals surface area contributed by atoms with Gasteiger partial charge in [-0.1, -0.05) is 12.1 Å². The summed E-state index contributed by atoms with van der Waals surface area (Å²) in [4.78, 5) is 25.6. The van der Waals surface area contributed by atoms with Gasteiger partial charge in [0.25, 0.3) is 0 Å². The molecule has 1 fully saturated rings. The molecule has 2 rings (SSSR count). The molecule has 1 aromatic carbocycles. The second-order valence-corrected chi connectivity index (χ2v) is 5.47. The molecule has 7 heteroatoms. The molecule has 1 heterocycles. The smallest absolute Gasteiger partial charge is 0.325 e. The van der Waals surface area contributed by atoms with Gasteiger partial charge in [0, 0.05) is 11.0 Å². The van der Waals surface area contributed by atoms with Crippen LogP contribution in [0.4, 0.5) is 5.69 Å². The highest BCUT2D eigenvalue weighted by molar-refractivity contribution is 9.10. The number of amides is 1. The summed E-state index contributed by atoms with van der Waals surface area (Å²) in [6.45, 7) is 1.37. The van der Waals surface area contributed by atoms with E-state index in [0.717, 1.165) is 4.47 Å². The first-order chi connectivity index (χ1) is 10.1. The Morgan fingerprint density at radius 1 is 1.48 bits per heavy atom. The number of hydrogen-bond donors (Lipinski definition) is 1. The first-order valence-electron chi connectivity index (χ1n) is 6.56. The van der Waals surface area contributed by atoms with Crippen LogP contribution in [0.1, 0.15) is 0 Å². The average molecular weight is 357 g/mol. The van der Waals surface area contributed by atoms with Crippen molar-refractivity contribution in [1.82, 2.24) is 4.90 Å². The van der Waals surface area contributed by atoms with Crippen molar-refractivity contribution < 1.29 is 19.1 Å². The summed E-state index contributed by atoms with van der Waals surface area (Å²) in [5.74, 6) is -0.568. The maximum atomic E-state index is 12.1. The fraction of sp³-hybridized carbons (Fsp3) is 0.429. The number of carbonyl (C=O) groups excluding carboxylic acids is 2. The van der Waals surface area contributed by atoms with E-state index in [4.69, 9.17) is 9.47 Å². The van der Waals surface area contributed by atoms with E-state index in [1.54, 1.807) is 11.0 Å². The number of ether oxygens (including phenoxy) is 2. The predicted octanol–water partition coefficient (Wildman–Crippen LogP) is 1.26. The standard InChI is InChI=1S/C14H17BrN2O4/c1-20-14(19)12-9-21-7-6-17(12)8-13(18)16-11-5-3-2-4-10(11)15/h2-5,12H,6-9H2,1H3,(H,16,18). The summed E-state index contributed by atoms with van der Waals surface area (Å²) in [7, 11) is 1.33. The Kier molecular flexibility index (Phi) is 5.72. The Morgan fingerprint density at radius 3 is 2.95 bits per heavy atom. The minimum absolute atomic E-state index is 0.116. The fourth-order valence-corrected chi connectivity index (χ4v) is 2.50. The van der Waals surface area contributed by atoms with Crippen LogP contribution in [-0.2, 0) is 19.1 Å². The van der Waals surface area contributed by atoms with Gasteiger partial charge in [0.05, 0.1) is 32.6 Å². The molecule has 1 unspecified atom stereocenters. The zero-order valence-corrected chi connectivity index (χ0v) is 13.3. The second-order valence-electron chi connectivity index (χ2n) is 4.61. The number of nitrogens with zero attached hydrogens (tertiary/aromatic N) is 1. The van der Waals surface area contributed by atoms with Gasteiger partial charge in [-0.2, -0.15) is 0 Å². The van der Waals surface area contributed by atoms with Crippen LogP contribution in [0, 0.1) is 0 Å². The van der Waals surface area contributed by atoms with Gasteiger partial charge in [-0.25, -0.2) is 0 Å². The van der Waals surface area contributed by atoms with E-state index < -0.39 is 6.04 Å². The van der Waals surface area contributed by atoms with Crippen molar-refractivity contribution >= 4 is 33.5 Å². The van der Waals surface area contributed by atoms with Crippen molar-refractivity contribution in [1.29, 1.82) is 0 Å². The van der Waals surface area contributed by atoms with Crippen molar-refractivity contribution in [3.63, 3.8) is 0 Å².